The molecule has 0 bridgehead atoms. The number of benzene rings is 1. The molecule has 0 saturated heterocycles. The molecule has 160 valence electrons. The maximum absolute atomic E-state index is 14.1. The second-order valence-corrected chi connectivity index (χ2v) is 7.57. The fraction of sp³-hybridized carbons (Fsp3) is 0.500. The van der Waals surface area contributed by atoms with Crippen molar-refractivity contribution >= 4 is 24.3 Å². The van der Waals surface area contributed by atoms with Crippen LogP contribution in [0.3, 0.4) is 0 Å². The highest BCUT2D eigenvalue weighted by Crippen LogP contribution is 2.23. The standard InChI is InChI=1S/C20H27FN2O6/c1-10(2)6-15(19(26)27)22-18(25)16(11(3)4)23-20(28)29-17-13(9-24)7-12(5)8-14(17)21/h7-11,15-16H,6H2,1-5H3,(H,22,25)(H,23,28)(H,26,27)/t15-,16-/m0/s1. The van der Waals surface area contributed by atoms with Crippen molar-refractivity contribution in [1.29, 1.82) is 0 Å². The zero-order valence-corrected chi connectivity index (χ0v) is 17.1. The van der Waals surface area contributed by atoms with E-state index in [9.17, 15) is 28.7 Å². The number of aldehydes is 1. The van der Waals surface area contributed by atoms with Crippen molar-refractivity contribution in [2.24, 2.45) is 11.8 Å². The monoisotopic (exact) mass is 410 g/mol. The average Bonchev–Trinajstić information content (AvgIpc) is 2.60. The predicted octanol–water partition coefficient (Wildman–Crippen LogP) is 2.68. The molecule has 0 aliphatic rings. The van der Waals surface area contributed by atoms with E-state index in [4.69, 9.17) is 4.74 Å². The first-order valence-electron chi connectivity index (χ1n) is 9.23. The number of aryl methyl sites for hydroxylation is 1. The summed E-state index contributed by atoms with van der Waals surface area (Å²) in [5, 5.41) is 14.0. The maximum atomic E-state index is 14.1. The number of hydrogen-bond acceptors (Lipinski definition) is 5. The van der Waals surface area contributed by atoms with Gasteiger partial charge < -0.3 is 20.5 Å². The van der Waals surface area contributed by atoms with E-state index in [1.165, 1.54) is 6.07 Å². The van der Waals surface area contributed by atoms with Crippen molar-refractivity contribution in [3.63, 3.8) is 0 Å². The Bertz CT molecular complexity index is 778. The predicted molar refractivity (Wildman–Crippen MR) is 103 cm³/mol. The van der Waals surface area contributed by atoms with Gasteiger partial charge in [0.1, 0.15) is 12.1 Å². The molecule has 0 aliphatic heterocycles. The Kier molecular flexibility index (Phi) is 8.75. The van der Waals surface area contributed by atoms with Gasteiger partial charge in [-0.25, -0.2) is 14.0 Å². The third-order valence-corrected chi connectivity index (χ3v) is 4.08. The van der Waals surface area contributed by atoms with Crippen LogP contribution in [0, 0.1) is 24.6 Å². The van der Waals surface area contributed by atoms with Crippen LogP contribution in [-0.4, -0.2) is 41.4 Å². The zero-order valence-electron chi connectivity index (χ0n) is 17.1. The van der Waals surface area contributed by atoms with Crippen molar-refractivity contribution in [1.82, 2.24) is 10.6 Å². The van der Waals surface area contributed by atoms with E-state index in [0.717, 1.165) is 6.07 Å². The molecule has 2 amide bonds. The maximum Gasteiger partial charge on any atom is 0.413 e. The zero-order chi connectivity index (χ0) is 22.3. The number of ether oxygens (including phenoxy) is 1. The van der Waals surface area contributed by atoms with Gasteiger partial charge in [0.15, 0.2) is 17.9 Å². The molecule has 0 saturated carbocycles. The number of halogens is 1. The van der Waals surface area contributed by atoms with Gasteiger partial charge in [0.05, 0.1) is 5.56 Å². The summed E-state index contributed by atoms with van der Waals surface area (Å²) in [5.74, 6) is -3.72. The van der Waals surface area contributed by atoms with Gasteiger partial charge >= 0.3 is 12.1 Å². The second-order valence-electron chi connectivity index (χ2n) is 7.57. The Balaban J connectivity index is 2.94. The number of aliphatic carboxylic acids is 1. The van der Waals surface area contributed by atoms with Gasteiger partial charge in [0.25, 0.3) is 0 Å². The molecule has 0 spiro atoms. The van der Waals surface area contributed by atoms with Crippen LogP contribution < -0.4 is 15.4 Å². The van der Waals surface area contributed by atoms with E-state index in [1.54, 1.807) is 20.8 Å². The third kappa shape index (κ3) is 7.17. The molecule has 3 N–H and O–H groups in total. The molecule has 0 heterocycles. The summed E-state index contributed by atoms with van der Waals surface area (Å²) >= 11 is 0. The molecule has 8 nitrogen and oxygen atoms in total. The Morgan fingerprint density at radius 3 is 2.28 bits per heavy atom. The van der Waals surface area contributed by atoms with Crippen LogP contribution in [-0.2, 0) is 9.59 Å². The highest BCUT2D eigenvalue weighted by atomic mass is 19.1. The first kappa shape index (κ1) is 24.1. The van der Waals surface area contributed by atoms with Gasteiger partial charge in [-0.2, -0.15) is 0 Å². The normalized spacial score (nSPS) is 13.0. The van der Waals surface area contributed by atoms with Crippen LogP contribution >= 0.6 is 0 Å². The molecular formula is C20H27FN2O6. The van der Waals surface area contributed by atoms with Crippen LogP contribution in [0.25, 0.3) is 0 Å². The minimum absolute atomic E-state index is 0.0260. The van der Waals surface area contributed by atoms with E-state index >= 15 is 0 Å². The minimum atomic E-state index is -1.19. The van der Waals surface area contributed by atoms with E-state index in [0.29, 0.717) is 11.8 Å². The number of carbonyl (C=O) groups is 4. The lowest BCUT2D eigenvalue weighted by atomic mass is 10.0. The van der Waals surface area contributed by atoms with Gasteiger partial charge in [-0.05, 0) is 42.9 Å². The van der Waals surface area contributed by atoms with Crippen LogP contribution in [0.15, 0.2) is 12.1 Å². The Labute approximate surface area is 168 Å². The smallest absolute Gasteiger partial charge is 0.413 e. The highest BCUT2D eigenvalue weighted by molar-refractivity contribution is 5.90. The minimum Gasteiger partial charge on any atom is -0.480 e. The van der Waals surface area contributed by atoms with E-state index < -0.39 is 47.5 Å². The Hall–Kier alpha value is -2.97. The second kappa shape index (κ2) is 10.5. The molecular weight excluding hydrogens is 383 g/mol. The summed E-state index contributed by atoms with van der Waals surface area (Å²) in [6.07, 6.45) is -0.567. The fourth-order valence-electron chi connectivity index (χ4n) is 2.69. The molecule has 0 aromatic heterocycles. The van der Waals surface area contributed by atoms with Gasteiger partial charge in [0, 0.05) is 0 Å². The van der Waals surface area contributed by atoms with Gasteiger partial charge in [0.2, 0.25) is 5.91 Å². The van der Waals surface area contributed by atoms with Crippen molar-refractivity contribution in [3.05, 3.63) is 29.1 Å². The van der Waals surface area contributed by atoms with Crippen LogP contribution in [0.1, 0.15) is 50.0 Å². The fourth-order valence-corrected chi connectivity index (χ4v) is 2.69. The number of carboxylic acid groups (broad SMARTS) is 1. The summed E-state index contributed by atoms with van der Waals surface area (Å²) in [6.45, 7) is 8.50. The Morgan fingerprint density at radius 1 is 1.17 bits per heavy atom. The number of carboxylic acids is 1. The molecule has 1 rings (SSSR count). The SMILES string of the molecule is Cc1cc(F)c(OC(=O)N[C@H](C(=O)N[C@@H](CC(C)C)C(=O)O)C(C)C)c(C=O)c1. The summed E-state index contributed by atoms with van der Waals surface area (Å²) < 4.78 is 19.0. The summed E-state index contributed by atoms with van der Waals surface area (Å²) in [6, 6.07) is 0.225. The van der Waals surface area contributed by atoms with Gasteiger partial charge in [-0.1, -0.05) is 27.7 Å². The molecule has 1 aromatic carbocycles. The number of nitrogens with one attached hydrogen (secondary N) is 2. The number of amides is 2. The van der Waals surface area contributed by atoms with Crippen molar-refractivity contribution < 1.29 is 33.4 Å². The molecule has 0 aliphatic carbocycles. The summed E-state index contributed by atoms with van der Waals surface area (Å²) in [7, 11) is 0. The van der Waals surface area contributed by atoms with Crippen molar-refractivity contribution in [3.8, 4) is 5.75 Å². The van der Waals surface area contributed by atoms with Crippen LogP contribution in [0.2, 0.25) is 0 Å². The third-order valence-electron chi connectivity index (χ3n) is 4.08. The highest BCUT2D eigenvalue weighted by Gasteiger charge is 2.30. The summed E-state index contributed by atoms with van der Waals surface area (Å²) in [5.41, 5.74) is 0.327. The quantitative estimate of drug-likeness (QED) is 0.538. The molecule has 0 fully saturated rings. The van der Waals surface area contributed by atoms with Crippen LogP contribution in [0.4, 0.5) is 9.18 Å². The Morgan fingerprint density at radius 2 is 1.79 bits per heavy atom. The lowest BCUT2D eigenvalue weighted by molar-refractivity contribution is -0.142. The molecule has 29 heavy (non-hydrogen) atoms. The van der Waals surface area contributed by atoms with E-state index in [1.807, 2.05) is 13.8 Å². The largest absolute Gasteiger partial charge is 0.480 e. The van der Waals surface area contributed by atoms with E-state index in [2.05, 4.69) is 10.6 Å². The lowest BCUT2D eigenvalue weighted by Gasteiger charge is -2.24. The summed E-state index contributed by atoms with van der Waals surface area (Å²) in [4.78, 5) is 47.2. The first-order chi connectivity index (χ1) is 13.5. The average molecular weight is 410 g/mol. The first-order valence-corrected chi connectivity index (χ1v) is 9.23. The van der Waals surface area contributed by atoms with Crippen molar-refractivity contribution in [2.75, 3.05) is 0 Å². The lowest BCUT2D eigenvalue weighted by Crippen LogP contribution is -2.54. The van der Waals surface area contributed by atoms with Crippen molar-refractivity contribution in [2.45, 2.75) is 53.1 Å². The molecule has 9 heteroatoms. The van der Waals surface area contributed by atoms with Gasteiger partial charge in [-0.3, -0.25) is 9.59 Å². The number of carbonyl (C=O) groups excluding carboxylic acids is 3. The van der Waals surface area contributed by atoms with Crippen LogP contribution in [0.5, 0.6) is 5.75 Å². The molecule has 1 aromatic rings. The topological polar surface area (TPSA) is 122 Å². The number of rotatable bonds is 9. The molecule has 0 radical (unpaired) electrons. The molecule has 2 atom stereocenters. The molecule has 0 unspecified atom stereocenters. The van der Waals surface area contributed by atoms with Gasteiger partial charge in [-0.15, -0.1) is 0 Å². The number of hydrogen-bond donors (Lipinski definition) is 3. The van der Waals surface area contributed by atoms with E-state index in [-0.39, 0.29) is 17.9 Å².